The van der Waals surface area contributed by atoms with Crippen molar-refractivity contribution < 1.29 is 8.42 Å². The van der Waals surface area contributed by atoms with Crippen LogP contribution < -0.4 is 0 Å². The standard InChI is InChI=1S/C12H13BrN2O2S2/c13-8-3-4-11-10(6-8)14-12(18)15(11)7-9-2-1-5-19(9,16)17/h3-4,6,9H,1-2,5,7H2,(H,14,18). The number of H-pyrrole nitrogens is 1. The maximum Gasteiger partial charge on any atom is 0.178 e. The van der Waals surface area contributed by atoms with Crippen molar-refractivity contribution in [3.05, 3.63) is 27.4 Å². The molecule has 1 aromatic carbocycles. The monoisotopic (exact) mass is 360 g/mol. The Bertz CT molecular complexity index is 792. The van der Waals surface area contributed by atoms with Gasteiger partial charge < -0.3 is 9.55 Å². The third-order valence-electron chi connectivity index (χ3n) is 3.59. The van der Waals surface area contributed by atoms with Crippen LogP contribution in [0.3, 0.4) is 0 Å². The van der Waals surface area contributed by atoms with E-state index in [2.05, 4.69) is 20.9 Å². The lowest BCUT2D eigenvalue weighted by Gasteiger charge is -2.11. The molecule has 1 aliphatic rings. The molecule has 102 valence electrons. The van der Waals surface area contributed by atoms with Crippen molar-refractivity contribution in [1.82, 2.24) is 9.55 Å². The first-order valence-electron chi connectivity index (χ1n) is 6.07. The topological polar surface area (TPSA) is 54.9 Å². The van der Waals surface area contributed by atoms with E-state index in [1.54, 1.807) is 0 Å². The second-order valence-corrected chi connectivity index (χ2v) is 8.54. The van der Waals surface area contributed by atoms with E-state index in [-0.39, 0.29) is 5.25 Å². The van der Waals surface area contributed by atoms with Gasteiger partial charge in [0, 0.05) is 11.0 Å². The van der Waals surface area contributed by atoms with E-state index in [4.69, 9.17) is 12.2 Å². The Morgan fingerprint density at radius 2 is 2.26 bits per heavy atom. The van der Waals surface area contributed by atoms with Gasteiger partial charge in [-0.15, -0.1) is 0 Å². The summed E-state index contributed by atoms with van der Waals surface area (Å²) in [4.78, 5) is 3.12. The average molecular weight is 361 g/mol. The highest BCUT2D eigenvalue weighted by Gasteiger charge is 2.31. The molecule has 1 unspecified atom stereocenters. The minimum Gasteiger partial charge on any atom is -0.331 e. The minimum absolute atomic E-state index is 0.304. The van der Waals surface area contributed by atoms with Crippen LogP contribution in [0.1, 0.15) is 12.8 Å². The number of hydrogen-bond donors (Lipinski definition) is 1. The molecule has 1 N–H and O–H groups in total. The predicted molar refractivity (Wildman–Crippen MR) is 81.6 cm³/mol. The van der Waals surface area contributed by atoms with Crippen LogP contribution >= 0.6 is 28.1 Å². The number of fused-ring (bicyclic) bond motifs is 1. The summed E-state index contributed by atoms with van der Waals surface area (Å²) in [6.45, 7) is 0.447. The van der Waals surface area contributed by atoms with Gasteiger partial charge in [0.2, 0.25) is 0 Å². The maximum absolute atomic E-state index is 11.9. The highest BCUT2D eigenvalue weighted by atomic mass is 79.9. The molecule has 0 amide bonds. The first-order valence-corrected chi connectivity index (χ1v) is 8.99. The summed E-state index contributed by atoms with van der Waals surface area (Å²) in [5, 5.41) is -0.304. The summed E-state index contributed by atoms with van der Waals surface area (Å²) in [6, 6.07) is 5.84. The fourth-order valence-electron chi connectivity index (χ4n) is 2.58. The predicted octanol–water partition coefficient (Wildman–Crippen LogP) is 3.04. The molecule has 19 heavy (non-hydrogen) atoms. The number of hydrogen-bond acceptors (Lipinski definition) is 3. The summed E-state index contributed by atoms with van der Waals surface area (Å²) in [5.74, 6) is 0.304. The molecule has 3 rings (SSSR count). The van der Waals surface area contributed by atoms with Crippen LogP contribution in [-0.2, 0) is 16.4 Å². The molecule has 2 heterocycles. The summed E-state index contributed by atoms with van der Waals surface area (Å²) in [7, 11) is -2.95. The number of imidazole rings is 1. The number of benzene rings is 1. The molecule has 0 radical (unpaired) electrons. The lowest BCUT2D eigenvalue weighted by Crippen LogP contribution is -2.22. The van der Waals surface area contributed by atoms with E-state index >= 15 is 0 Å². The van der Waals surface area contributed by atoms with Gasteiger partial charge in [-0.05, 0) is 43.3 Å². The van der Waals surface area contributed by atoms with Crippen molar-refractivity contribution in [3.63, 3.8) is 0 Å². The van der Waals surface area contributed by atoms with Gasteiger partial charge in [-0.1, -0.05) is 15.9 Å². The number of sulfone groups is 1. The molecule has 0 saturated carbocycles. The Balaban J connectivity index is 2.06. The largest absolute Gasteiger partial charge is 0.331 e. The van der Waals surface area contributed by atoms with E-state index in [9.17, 15) is 8.42 Å². The van der Waals surface area contributed by atoms with Crippen molar-refractivity contribution in [3.8, 4) is 0 Å². The number of nitrogens with zero attached hydrogens (tertiary/aromatic N) is 1. The van der Waals surface area contributed by atoms with Crippen molar-refractivity contribution in [1.29, 1.82) is 0 Å². The van der Waals surface area contributed by atoms with E-state index in [0.29, 0.717) is 17.1 Å². The molecular weight excluding hydrogens is 348 g/mol. The van der Waals surface area contributed by atoms with Crippen LogP contribution in [0.5, 0.6) is 0 Å². The zero-order chi connectivity index (χ0) is 13.6. The number of aromatic nitrogens is 2. The quantitative estimate of drug-likeness (QED) is 0.837. The summed E-state index contributed by atoms with van der Waals surface area (Å²) in [6.07, 6.45) is 1.49. The molecule has 4 nitrogen and oxygen atoms in total. The summed E-state index contributed by atoms with van der Waals surface area (Å²) < 4.78 is 27.3. The van der Waals surface area contributed by atoms with Crippen LogP contribution in [-0.4, -0.2) is 29.0 Å². The van der Waals surface area contributed by atoms with Crippen LogP contribution in [0.15, 0.2) is 22.7 Å². The van der Waals surface area contributed by atoms with Gasteiger partial charge in [0.25, 0.3) is 0 Å². The molecule has 0 bridgehead atoms. The van der Waals surface area contributed by atoms with Gasteiger partial charge in [0.1, 0.15) is 0 Å². The Hall–Kier alpha value is -0.660. The van der Waals surface area contributed by atoms with Crippen molar-refractivity contribution in [2.75, 3.05) is 5.75 Å². The fourth-order valence-corrected chi connectivity index (χ4v) is 5.03. The van der Waals surface area contributed by atoms with Crippen LogP contribution in [0.4, 0.5) is 0 Å². The lowest BCUT2D eigenvalue weighted by atomic mass is 10.2. The molecule has 1 aliphatic heterocycles. The highest BCUT2D eigenvalue weighted by Crippen LogP contribution is 2.25. The van der Waals surface area contributed by atoms with Gasteiger partial charge in [-0.2, -0.15) is 0 Å². The van der Waals surface area contributed by atoms with Crippen molar-refractivity contribution >= 4 is 49.0 Å². The van der Waals surface area contributed by atoms with Gasteiger partial charge in [0.15, 0.2) is 14.6 Å². The van der Waals surface area contributed by atoms with Gasteiger partial charge in [-0.3, -0.25) is 0 Å². The van der Waals surface area contributed by atoms with Gasteiger partial charge in [-0.25, -0.2) is 8.42 Å². The van der Waals surface area contributed by atoms with Crippen LogP contribution in [0, 0.1) is 4.77 Å². The third-order valence-corrected chi connectivity index (χ3v) is 6.66. The Labute approximate surface area is 124 Å². The van der Waals surface area contributed by atoms with E-state index < -0.39 is 9.84 Å². The Morgan fingerprint density at radius 3 is 2.95 bits per heavy atom. The lowest BCUT2D eigenvalue weighted by molar-refractivity contribution is 0.568. The maximum atomic E-state index is 11.9. The van der Waals surface area contributed by atoms with Gasteiger partial charge >= 0.3 is 0 Å². The number of aromatic amines is 1. The summed E-state index contributed by atoms with van der Waals surface area (Å²) in [5.41, 5.74) is 1.88. The molecule has 0 aliphatic carbocycles. The normalized spacial score (nSPS) is 22.1. The third kappa shape index (κ3) is 2.39. The first-order chi connectivity index (χ1) is 8.97. The highest BCUT2D eigenvalue weighted by molar-refractivity contribution is 9.10. The van der Waals surface area contributed by atoms with Crippen molar-refractivity contribution in [2.45, 2.75) is 24.6 Å². The molecule has 1 aromatic heterocycles. The van der Waals surface area contributed by atoms with Crippen LogP contribution in [0.2, 0.25) is 0 Å². The molecule has 1 fully saturated rings. The summed E-state index contributed by atoms with van der Waals surface area (Å²) >= 11 is 8.72. The number of halogens is 1. The molecule has 1 saturated heterocycles. The number of rotatable bonds is 2. The van der Waals surface area contributed by atoms with Crippen molar-refractivity contribution in [2.24, 2.45) is 0 Å². The molecule has 1 atom stereocenters. The number of nitrogens with one attached hydrogen (secondary N) is 1. The SMILES string of the molecule is O=S1(=O)CCCC1Cn1c(=S)[nH]c2cc(Br)ccc21. The Kier molecular flexibility index (Phi) is 3.31. The molecule has 0 spiro atoms. The van der Waals surface area contributed by atoms with E-state index in [0.717, 1.165) is 28.3 Å². The average Bonchev–Trinajstić information content (AvgIpc) is 2.80. The first kappa shape index (κ1) is 13.3. The molecular formula is C12H13BrN2O2S2. The van der Waals surface area contributed by atoms with Gasteiger partial charge in [0.05, 0.1) is 22.0 Å². The zero-order valence-electron chi connectivity index (χ0n) is 10.1. The zero-order valence-corrected chi connectivity index (χ0v) is 13.3. The van der Waals surface area contributed by atoms with Crippen LogP contribution in [0.25, 0.3) is 11.0 Å². The molecule has 2 aromatic rings. The van der Waals surface area contributed by atoms with E-state index in [1.807, 2.05) is 22.8 Å². The van der Waals surface area contributed by atoms with E-state index in [1.165, 1.54) is 0 Å². The smallest absolute Gasteiger partial charge is 0.178 e. The second kappa shape index (κ2) is 4.71. The minimum atomic E-state index is -2.95. The Morgan fingerprint density at radius 1 is 1.47 bits per heavy atom. The molecule has 7 heteroatoms. The fraction of sp³-hybridized carbons (Fsp3) is 0.417. The second-order valence-electron chi connectivity index (χ2n) is 4.83.